The lowest BCUT2D eigenvalue weighted by atomic mass is 10.1. The van der Waals surface area contributed by atoms with Crippen LogP contribution in [0.4, 0.5) is 0 Å². The summed E-state index contributed by atoms with van der Waals surface area (Å²) in [5.41, 5.74) is 0. The van der Waals surface area contributed by atoms with Crippen molar-refractivity contribution in [3.05, 3.63) is 0 Å². The molecule has 16 heavy (non-hydrogen) atoms. The Morgan fingerprint density at radius 2 is 2.25 bits per heavy atom. The zero-order chi connectivity index (χ0) is 12.1. The third-order valence-corrected chi connectivity index (χ3v) is 2.97. The number of carboxylic acids is 1. The first kappa shape index (κ1) is 13.4. The highest BCUT2D eigenvalue weighted by Gasteiger charge is 2.27. The van der Waals surface area contributed by atoms with Crippen LogP contribution in [0.15, 0.2) is 0 Å². The monoisotopic (exact) mass is 229 g/mol. The number of aliphatic carboxylic acids is 1. The molecule has 5 nitrogen and oxygen atoms in total. The molecule has 94 valence electrons. The normalized spacial score (nSPS) is 27.2. The first-order chi connectivity index (χ1) is 7.49. The van der Waals surface area contributed by atoms with Gasteiger partial charge in [0.15, 0.2) is 0 Å². The van der Waals surface area contributed by atoms with E-state index in [9.17, 15) is 4.79 Å². The molecule has 1 rings (SSSR count). The van der Waals surface area contributed by atoms with Crippen molar-refractivity contribution in [3.8, 4) is 0 Å². The van der Waals surface area contributed by atoms with E-state index in [-0.39, 0.29) is 12.5 Å². The van der Waals surface area contributed by atoms with E-state index in [1.54, 1.807) is 0 Å². The molecule has 1 heterocycles. The molecule has 2 atom stereocenters. The van der Waals surface area contributed by atoms with E-state index in [1.807, 2.05) is 14.1 Å². The van der Waals surface area contributed by atoms with Crippen molar-refractivity contribution in [2.45, 2.75) is 25.4 Å². The minimum atomic E-state index is -0.712. The van der Waals surface area contributed by atoms with Gasteiger partial charge in [-0.2, -0.15) is 0 Å². The zero-order valence-corrected chi connectivity index (χ0v) is 10.4. The average Bonchev–Trinajstić information content (AvgIpc) is 2.17. The topological polar surface area (TPSA) is 55.8 Å². The van der Waals surface area contributed by atoms with Crippen LogP contribution in [0.5, 0.6) is 0 Å². The maximum atomic E-state index is 10.8. The summed E-state index contributed by atoms with van der Waals surface area (Å²) < 4.78 is 0. The lowest BCUT2D eigenvalue weighted by Crippen LogP contribution is -2.57. The summed E-state index contributed by atoms with van der Waals surface area (Å²) in [6.07, 6.45) is 0.229. The molecule has 0 spiro atoms. The second-order valence-corrected chi connectivity index (χ2v) is 4.86. The number of carbonyl (C=O) groups is 1. The number of hydrogen-bond donors (Lipinski definition) is 2. The molecule has 5 heteroatoms. The molecule has 0 radical (unpaired) electrons. The number of likely N-dealkylation sites (N-methyl/N-ethyl adjacent to an activating group) is 1. The van der Waals surface area contributed by atoms with E-state index in [4.69, 9.17) is 5.11 Å². The Bertz CT molecular complexity index is 233. The molecule has 1 fully saturated rings. The second-order valence-electron chi connectivity index (χ2n) is 4.86. The van der Waals surface area contributed by atoms with Crippen molar-refractivity contribution in [1.29, 1.82) is 0 Å². The first-order valence-electron chi connectivity index (χ1n) is 5.83. The van der Waals surface area contributed by atoms with E-state index in [2.05, 4.69) is 22.0 Å². The van der Waals surface area contributed by atoms with Gasteiger partial charge in [-0.1, -0.05) is 0 Å². The molecule has 2 N–H and O–H groups in total. The molecule has 0 aliphatic carbocycles. The molecule has 0 bridgehead atoms. The van der Waals surface area contributed by atoms with Crippen LogP contribution in [0.3, 0.4) is 0 Å². The van der Waals surface area contributed by atoms with Crippen molar-refractivity contribution >= 4 is 5.97 Å². The number of carboxylic acid groups (broad SMARTS) is 1. The predicted molar refractivity (Wildman–Crippen MR) is 63.6 cm³/mol. The molecule has 2 unspecified atom stereocenters. The van der Waals surface area contributed by atoms with Crippen LogP contribution in [0.2, 0.25) is 0 Å². The van der Waals surface area contributed by atoms with Gasteiger partial charge in [0.2, 0.25) is 0 Å². The quantitative estimate of drug-likeness (QED) is 0.677. The Kier molecular flexibility index (Phi) is 5.18. The van der Waals surface area contributed by atoms with E-state index in [0.29, 0.717) is 6.04 Å². The first-order valence-corrected chi connectivity index (χ1v) is 5.83. The molecule has 1 aliphatic rings. The SMILES string of the molecule is CC1CN(CCN(C)C)C(CC(=O)O)CN1. The number of rotatable bonds is 5. The number of piperazine rings is 1. The summed E-state index contributed by atoms with van der Waals surface area (Å²) >= 11 is 0. The van der Waals surface area contributed by atoms with Crippen molar-refractivity contribution in [3.63, 3.8) is 0 Å². The van der Waals surface area contributed by atoms with Crippen LogP contribution in [0, 0.1) is 0 Å². The molecule has 0 aromatic heterocycles. The molecule has 0 aromatic carbocycles. The summed E-state index contributed by atoms with van der Waals surface area (Å²) in [6.45, 7) is 5.77. The summed E-state index contributed by atoms with van der Waals surface area (Å²) in [4.78, 5) is 15.2. The fraction of sp³-hybridized carbons (Fsp3) is 0.909. The lowest BCUT2D eigenvalue weighted by molar-refractivity contribution is -0.138. The molecule has 1 aliphatic heterocycles. The van der Waals surface area contributed by atoms with Gasteiger partial charge in [-0.15, -0.1) is 0 Å². The summed E-state index contributed by atoms with van der Waals surface area (Å²) in [7, 11) is 4.08. The van der Waals surface area contributed by atoms with Crippen molar-refractivity contribution in [2.24, 2.45) is 0 Å². The fourth-order valence-electron chi connectivity index (χ4n) is 2.04. The van der Waals surface area contributed by atoms with Gasteiger partial charge in [0.1, 0.15) is 0 Å². The Balaban J connectivity index is 2.47. The van der Waals surface area contributed by atoms with Crippen LogP contribution in [0.25, 0.3) is 0 Å². The van der Waals surface area contributed by atoms with Gasteiger partial charge in [0, 0.05) is 38.3 Å². The van der Waals surface area contributed by atoms with Gasteiger partial charge in [-0.3, -0.25) is 9.69 Å². The highest BCUT2D eigenvalue weighted by atomic mass is 16.4. The standard InChI is InChI=1S/C11H23N3O2/c1-9-8-14(5-4-13(2)3)10(7-12-9)6-11(15)16/h9-10,12H,4-8H2,1-3H3,(H,15,16). The fourth-order valence-corrected chi connectivity index (χ4v) is 2.04. The second kappa shape index (κ2) is 6.18. The predicted octanol–water partition coefficient (Wildman–Crippen LogP) is -0.315. The highest BCUT2D eigenvalue weighted by molar-refractivity contribution is 5.67. The van der Waals surface area contributed by atoms with E-state index in [0.717, 1.165) is 26.2 Å². The van der Waals surface area contributed by atoms with Gasteiger partial charge in [-0.25, -0.2) is 0 Å². The molecular weight excluding hydrogens is 206 g/mol. The van der Waals surface area contributed by atoms with Crippen LogP contribution in [-0.4, -0.2) is 73.2 Å². The van der Waals surface area contributed by atoms with Crippen LogP contribution >= 0.6 is 0 Å². The lowest BCUT2D eigenvalue weighted by Gasteiger charge is -2.39. The summed E-state index contributed by atoms with van der Waals surface area (Å²) in [5, 5.41) is 12.2. The minimum Gasteiger partial charge on any atom is -0.481 e. The zero-order valence-electron chi connectivity index (χ0n) is 10.4. The average molecular weight is 229 g/mol. The molecule has 0 saturated carbocycles. The number of nitrogens with zero attached hydrogens (tertiary/aromatic N) is 2. The molecule has 0 aromatic rings. The smallest absolute Gasteiger partial charge is 0.304 e. The Labute approximate surface area is 97.4 Å². The van der Waals surface area contributed by atoms with Crippen LogP contribution < -0.4 is 5.32 Å². The van der Waals surface area contributed by atoms with E-state index < -0.39 is 5.97 Å². The molecule has 1 saturated heterocycles. The third kappa shape index (κ3) is 4.47. The molecule has 0 amide bonds. The molecular formula is C11H23N3O2. The van der Waals surface area contributed by atoms with Crippen molar-refractivity contribution in [1.82, 2.24) is 15.1 Å². The van der Waals surface area contributed by atoms with Gasteiger partial charge in [0.25, 0.3) is 0 Å². The van der Waals surface area contributed by atoms with Crippen molar-refractivity contribution in [2.75, 3.05) is 40.3 Å². The third-order valence-electron chi connectivity index (χ3n) is 2.97. The Morgan fingerprint density at radius 3 is 2.81 bits per heavy atom. The summed E-state index contributed by atoms with van der Waals surface area (Å²) in [5.74, 6) is -0.712. The largest absolute Gasteiger partial charge is 0.481 e. The van der Waals surface area contributed by atoms with Gasteiger partial charge in [-0.05, 0) is 21.0 Å². The van der Waals surface area contributed by atoms with Crippen LogP contribution in [-0.2, 0) is 4.79 Å². The van der Waals surface area contributed by atoms with E-state index >= 15 is 0 Å². The van der Waals surface area contributed by atoms with Crippen LogP contribution in [0.1, 0.15) is 13.3 Å². The number of hydrogen-bond acceptors (Lipinski definition) is 4. The Morgan fingerprint density at radius 1 is 1.56 bits per heavy atom. The maximum absolute atomic E-state index is 10.8. The Hall–Kier alpha value is -0.650. The highest BCUT2D eigenvalue weighted by Crippen LogP contribution is 2.10. The summed E-state index contributed by atoms with van der Waals surface area (Å²) in [6, 6.07) is 0.584. The number of nitrogens with one attached hydrogen (secondary N) is 1. The van der Waals surface area contributed by atoms with Gasteiger partial charge < -0.3 is 15.3 Å². The van der Waals surface area contributed by atoms with Gasteiger partial charge >= 0.3 is 5.97 Å². The van der Waals surface area contributed by atoms with Crippen molar-refractivity contribution < 1.29 is 9.90 Å². The minimum absolute atomic E-state index is 0.133. The van der Waals surface area contributed by atoms with E-state index in [1.165, 1.54) is 0 Å². The maximum Gasteiger partial charge on any atom is 0.304 e. The van der Waals surface area contributed by atoms with Gasteiger partial charge in [0.05, 0.1) is 6.42 Å².